The van der Waals surface area contributed by atoms with Crippen molar-refractivity contribution in [3.63, 3.8) is 0 Å². The normalized spacial score (nSPS) is 11.0. The van der Waals surface area contributed by atoms with E-state index in [0.717, 1.165) is 5.56 Å². The summed E-state index contributed by atoms with van der Waals surface area (Å²) in [6, 6.07) is 22.4. The predicted octanol–water partition coefficient (Wildman–Crippen LogP) is 6.29. The molecule has 0 amide bonds. The van der Waals surface area contributed by atoms with Crippen molar-refractivity contribution >= 4 is 19.4 Å². The van der Waals surface area contributed by atoms with Crippen molar-refractivity contribution in [3.8, 4) is 17.2 Å². The maximum absolute atomic E-state index is 13.2. The first-order chi connectivity index (χ1) is 12.0. The van der Waals surface area contributed by atoms with Crippen LogP contribution in [0.3, 0.4) is 0 Å². The molecular formula is C19H16ClO4P. The van der Waals surface area contributed by atoms with E-state index in [1.165, 1.54) is 0 Å². The molecule has 0 aliphatic carbocycles. The summed E-state index contributed by atoms with van der Waals surface area (Å²) >= 11 is 6.02. The molecule has 0 fully saturated rings. The van der Waals surface area contributed by atoms with Gasteiger partial charge in [0, 0.05) is 5.02 Å². The Balaban J connectivity index is 1.90. The third kappa shape index (κ3) is 4.79. The fraction of sp³-hybridized carbons (Fsp3) is 0.0526. The molecule has 0 aromatic heterocycles. The van der Waals surface area contributed by atoms with Gasteiger partial charge in [0.15, 0.2) is 0 Å². The number of rotatable bonds is 6. The minimum Gasteiger partial charge on any atom is -0.386 e. The van der Waals surface area contributed by atoms with E-state index in [4.69, 9.17) is 25.2 Å². The zero-order valence-corrected chi connectivity index (χ0v) is 15.1. The Bertz CT molecular complexity index is 839. The predicted molar refractivity (Wildman–Crippen MR) is 98.6 cm³/mol. The summed E-state index contributed by atoms with van der Waals surface area (Å²) < 4.78 is 29.9. The Morgan fingerprint density at radius 1 is 0.720 bits per heavy atom. The van der Waals surface area contributed by atoms with E-state index in [1.807, 2.05) is 19.1 Å². The van der Waals surface area contributed by atoms with E-state index in [9.17, 15) is 4.57 Å². The number of phosphoric acid groups is 1. The van der Waals surface area contributed by atoms with Gasteiger partial charge in [-0.25, -0.2) is 0 Å². The Morgan fingerprint density at radius 2 is 1.20 bits per heavy atom. The average molecular weight is 375 g/mol. The van der Waals surface area contributed by atoms with Crippen molar-refractivity contribution in [2.45, 2.75) is 6.92 Å². The number of hydrogen-bond donors (Lipinski definition) is 0. The van der Waals surface area contributed by atoms with E-state index >= 15 is 0 Å². The number of phosphoric ester groups is 1. The van der Waals surface area contributed by atoms with Gasteiger partial charge in [0.1, 0.15) is 17.2 Å². The SMILES string of the molecule is Cc1cc(OP(=O)(Oc2ccccc2)Oc2ccccc2)ccc1Cl. The second kappa shape index (κ2) is 7.64. The highest BCUT2D eigenvalue weighted by molar-refractivity contribution is 7.49. The quantitative estimate of drug-likeness (QED) is 0.475. The van der Waals surface area contributed by atoms with Crippen LogP contribution in [0.1, 0.15) is 5.56 Å². The monoisotopic (exact) mass is 374 g/mol. The molecule has 3 aromatic carbocycles. The highest BCUT2D eigenvalue weighted by Crippen LogP contribution is 2.49. The number of aryl methyl sites for hydroxylation is 1. The van der Waals surface area contributed by atoms with Gasteiger partial charge < -0.3 is 13.6 Å². The van der Waals surface area contributed by atoms with Crippen molar-refractivity contribution in [1.82, 2.24) is 0 Å². The lowest BCUT2D eigenvalue weighted by atomic mass is 10.2. The van der Waals surface area contributed by atoms with Gasteiger partial charge in [-0.15, -0.1) is 0 Å². The van der Waals surface area contributed by atoms with E-state index in [-0.39, 0.29) is 0 Å². The standard InChI is InChI=1S/C19H16ClO4P/c1-15-14-18(12-13-19(15)20)24-25(21,22-16-8-4-2-5-9-16)23-17-10-6-3-7-11-17/h2-14H,1H3. The maximum atomic E-state index is 13.2. The fourth-order valence-corrected chi connectivity index (χ4v) is 3.44. The summed E-state index contributed by atoms with van der Waals surface area (Å²) in [5, 5.41) is 0.593. The van der Waals surface area contributed by atoms with Gasteiger partial charge in [0.25, 0.3) is 0 Å². The molecule has 0 spiro atoms. The van der Waals surface area contributed by atoms with Gasteiger partial charge in [-0.2, -0.15) is 4.57 Å². The van der Waals surface area contributed by atoms with Crippen molar-refractivity contribution in [2.75, 3.05) is 0 Å². The van der Waals surface area contributed by atoms with Gasteiger partial charge in [0.2, 0.25) is 0 Å². The molecule has 0 atom stereocenters. The first-order valence-electron chi connectivity index (χ1n) is 7.59. The molecule has 0 aliphatic rings. The van der Waals surface area contributed by atoms with Crippen LogP contribution < -0.4 is 13.6 Å². The lowest BCUT2D eigenvalue weighted by Gasteiger charge is -2.19. The third-order valence-corrected chi connectivity index (χ3v) is 4.99. The first-order valence-corrected chi connectivity index (χ1v) is 9.43. The minimum atomic E-state index is -3.96. The van der Waals surface area contributed by atoms with Crippen LogP contribution in [0.2, 0.25) is 5.02 Å². The Morgan fingerprint density at radius 3 is 1.68 bits per heavy atom. The summed E-state index contributed by atoms with van der Waals surface area (Å²) in [4.78, 5) is 0. The maximum Gasteiger partial charge on any atom is 0.647 e. The largest absolute Gasteiger partial charge is 0.647 e. The number of para-hydroxylation sites is 2. The summed E-state index contributed by atoms with van der Waals surface area (Å²) in [5.74, 6) is 1.11. The van der Waals surface area contributed by atoms with Crippen LogP contribution in [-0.4, -0.2) is 0 Å². The van der Waals surface area contributed by atoms with Gasteiger partial charge >= 0.3 is 7.82 Å². The number of hydrogen-bond acceptors (Lipinski definition) is 4. The van der Waals surface area contributed by atoms with E-state index in [0.29, 0.717) is 22.3 Å². The molecule has 25 heavy (non-hydrogen) atoms. The molecule has 0 aliphatic heterocycles. The molecule has 0 saturated heterocycles. The topological polar surface area (TPSA) is 44.8 Å². The zero-order valence-electron chi connectivity index (χ0n) is 13.5. The highest BCUT2D eigenvalue weighted by Gasteiger charge is 2.33. The second-order valence-corrected chi connectivity index (χ2v) is 7.11. The molecule has 0 saturated carbocycles. The molecule has 0 bridgehead atoms. The fourth-order valence-electron chi connectivity index (χ4n) is 2.08. The van der Waals surface area contributed by atoms with Crippen molar-refractivity contribution in [2.24, 2.45) is 0 Å². The molecule has 6 heteroatoms. The van der Waals surface area contributed by atoms with Crippen LogP contribution in [0.4, 0.5) is 0 Å². The van der Waals surface area contributed by atoms with E-state index in [2.05, 4.69) is 0 Å². The van der Waals surface area contributed by atoms with Crippen LogP contribution in [-0.2, 0) is 4.57 Å². The van der Waals surface area contributed by atoms with E-state index < -0.39 is 7.82 Å². The van der Waals surface area contributed by atoms with Crippen LogP contribution in [0, 0.1) is 6.92 Å². The minimum absolute atomic E-state index is 0.345. The van der Waals surface area contributed by atoms with Crippen molar-refractivity contribution in [1.29, 1.82) is 0 Å². The summed E-state index contributed by atoms with van der Waals surface area (Å²) in [6.45, 7) is 1.83. The highest BCUT2D eigenvalue weighted by atomic mass is 35.5. The lowest BCUT2D eigenvalue weighted by molar-refractivity contribution is 0.298. The van der Waals surface area contributed by atoms with E-state index in [1.54, 1.807) is 66.7 Å². The molecule has 128 valence electrons. The lowest BCUT2D eigenvalue weighted by Crippen LogP contribution is -2.07. The van der Waals surface area contributed by atoms with Crippen LogP contribution >= 0.6 is 19.4 Å². The Hall–Kier alpha value is -2.42. The van der Waals surface area contributed by atoms with Gasteiger partial charge in [0.05, 0.1) is 0 Å². The smallest absolute Gasteiger partial charge is 0.386 e. The summed E-state index contributed by atoms with van der Waals surface area (Å²) in [6.07, 6.45) is 0. The van der Waals surface area contributed by atoms with Crippen LogP contribution in [0.25, 0.3) is 0 Å². The average Bonchev–Trinajstić information content (AvgIpc) is 2.60. The molecule has 3 rings (SSSR count). The first kappa shape index (κ1) is 17.4. The van der Waals surface area contributed by atoms with Crippen LogP contribution in [0.5, 0.6) is 17.2 Å². The molecular weight excluding hydrogens is 359 g/mol. The molecule has 0 radical (unpaired) electrons. The second-order valence-electron chi connectivity index (χ2n) is 5.26. The van der Waals surface area contributed by atoms with Gasteiger partial charge in [-0.1, -0.05) is 48.0 Å². The Labute approximate surface area is 151 Å². The van der Waals surface area contributed by atoms with Crippen molar-refractivity contribution < 1.29 is 18.1 Å². The van der Waals surface area contributed by atoms with Gasteiger partial charge in [-0.05, 0) is 55.0 Å². The Kier molecular flexibility index (Phi) is 5.32. The molecule has 3 aromatic rings. The zero-order chi connectivity index (χ0) is 17.7. The number of halogens is 1. The summed E-state index contributed by atoms with van der Waals surface area (Å²) in [5.41, 5.74) is 0.796. The molecule has 4 nitrogen and oxygen atoms in total. The van der Waals surface area contributed by atoms with Gasteiger partial charge in [-0.3, -0.25) is 0 Å². The molecule has 0 heterocycles. The third-order valence-electron chi connectivity index (χ3n) is 3.27. The summed E-state index contributed by atoms with van der Waals surface area (Å²) in [7, 11) is -3.96. The molecule has 0 unspecified atom stereocenters. The number of benzene rings is 3. The van der Waals surface area contributed by atoms with Crippen LogP contribution in [0.15, 0.2) is 78.9 Å². The molecule has 0 N–H and O–H groups in total. The van der Waals surface area contributed by atoms with Crippen molar-refractivity contribution in [3.05, 3.63) is 89.4 Å².